The van der Waals surface area contributed by atoms with Crippen LogP contribution >= 0.6 is 0 Å². The molecule has 146 valence electrons. The van der Waals surface area contributed by atoms with Crippen molar-refractivity contribution in [1.82, 2.24) is 14.9 Å². The van der Waals surface area contributed by atoms with Gasteiger partial charge in [-0.2, -0.15) is 0 Å². The zero-order valence-corrected chi connectivity index (χ0v) is 16.3. The van der Waals surface area contributed by atoms with Gasteiger partial charge in [0.25, 0.3) is 5.91 Å². The topological polar surface area (TPSA) is 74.6 Å². The summed E-state index contributed by atoms with van der Waals surface area (Å²) in [7, 11) is 4.53. The number of amides is 1. The summed E-state index contributed by atoms with van der Waals surface area (Å²) in [5.74, 6) is 0.958. The molecule has 1 atom stereocenters. The molecule has 28 heavy (non-hydrogen) atoms. The van der Waals surface area contributed by atoms with Gasteiger partial charge >= 0.3 is 0 Å². The van der Waals surface area contributed by atoms with Crippen molar-refractivity contribution in [2.24, 2.45) is 0 Å². The van der Waals surface area contributed by atoms with Gasteiger partial charge in [0.05, 0.1) is 39.3 Å². The Morgan fingerprint density at radius 1 is 1.00 bits per heavy atom. The van der Waals surface area contributed by atoms with Crippen molar-refractivity contribution < 1.29 is 19.0 Å². The van der Waals surface area contributed by atoms with Crippen molar-refractivity contribution in [3.8, 4) is 22.9 Å². The summed E-state index contributed by atoms with van der Waals surface area (Å²) in [6.45, 7) is 1.93. The van der Waals surface area contributed by atoms with E-state index in [1.165, 1.54) is 21.3 Å². The maximum absolute atomic E-state index is 12.8. The first-order valence-corrected chi connectivity index (χ1v) is 8.77. The Labute approximate surface area is 163 Å². The van der Waals surface area contributed by atoms with Crippen LogP contribution < -0.4 is 19.5 Å². The molecule has 0 radical (unpaired) electrons. The summed E-state index contributed by atoms with van der Waals surface area (Å²) in [5, 5.41) is 3.00. The third kappa shape index (κ3) is 3.78. The third-order valence-corrected chi connectivity index (χ3v) is 4.49. The molecular formula is C21H23N3O4. The van der Waals surface area contributed by atoms with Crippen molar-refractivity contribution in [3.05, 3.63) is 66.2 Å². The summed E-state index contributed by atoms with van der Waals surface area (Å²) < 4.78 is 17.9. The van der Waals surface area contributed by atoms with Crippen LogP contribution in [-0.4, -0.2) is 36.8 Å². The predicted molar refractivity (Wildman–Crippen MR) is 106 cm³/mol. The van der Waals surface area contributed by atoms with Crippen molar-refractivity contribution in [1.29, 1.82) is 0 Å². The zero-order valence-electron chi connectivity index (χ0n) is 16.3. The molecule has 0 aliphatic rings. The number of benzene rings is 2. The molecule has 1 N–H and O–H groups in total. The van der Waals surface area contributed by atoms with Crippen LogP contribution in [0, 0.1) is 0 Å². The Morgan fingerprint density at radius 2 is 1.71 bits per heavy atom. The molecule has 0 spiro atoms. The van der Waals surface area contributed by atoms with Crippen LogP contribution in [0.4, 0.5) is 0 Å². The zero-order chi connectivity index (χ0) is 20.1. The summed E-state index contributed by atoms with van der Waals surface area (Å²) in [4.78, 5) is 16.9. The van der Waals surface area contributed by atoms with Crippen molar-refractivity contribution in [2.75, 3.05) is 21.3 Å². The van der Waals surface area contributed by atoms with E-state index in [4.69, 9.17) is 14.2 Å². The van der Waals surface area contributed by atoms with E-state index in [1.807, 2.05) is 42.0 Å². The molecule has 0 bridgehead atoms. The van der Waals surface area contributed by atoms with Crippen LogP contribution in [0.1, 0.15) is 28.9 Å². The van der Waals surface area contributed by atoms with E-state index in [0.29, 0.717) is 22.8 Å². The molecule has 0 aliphatic heterocycles. The monoisotopic (exact) mass is 381 g/mol. The molecule has 3 aromatic rings. The fraction of sp³-hybridized carbons (Fsp3) is 0.238. The van der Waals surface area contributed by atoms with E-state index < -0.39 is 0 Å². The Bertz CT molecular complexity index is 937. The molecule has 1 aromatic heterocycles. The smallest absolute Gasteiger partial charge is 0.255 e. The number of hydrogen-bond donors (Lipinski definition) is 1. The molecule has 0 fully saturated rings. The van der Waals surface area contributed by atoms with E-state index in [0.717, 1.165) is 11.3 Å². The number of ether oxygens (including phenoxy) is 3. The average molecular weight is 381 g/mol. The second-order valence-corrected chi connectivity index (χ2v) is 6.14. The lowest BCUT2D eigenvalue weighted by Gasteiger charge is -2.18. The molecule has 0 saturated carbocycles. The maximum atomic E-state index is 12.8. The lowest BCUT2D eigenvalue weighted by molar-refractivity contribution is 0.0936. The van der Waals surface area contributed by atoms with Crippen molar-refractivity contribution >= 4 is 5.91 Å². The number of carbonyl (C=O) groups is 1. The Kier molecular flexibility index (Phi) is 5.84. The average Bonchev–Trinajstić information content (AvgIpc) is 3.27. The fourth-order valence-corrected chi connectivity index (χ4v) is 2.98. The van der Waals surface area contributed by atoms with Crippen LogP contribution in [0.25, 0.3) is 5.69 Å². The quantitative estimate of drug-likeness (QED) is 0.679. The van der Waals surface area contributed by atoms with E-state index in [2.05, 4.69) is 10.3 Å². The number of carbonyl (C=O) groups excluding carboxylic acids is 1. The summed E-state index contributed by atoms with van der Waals surface area (Å²) >= 11 is 0. The van der Waals surface area contributed by atoms with Crippen molar-refractivity contribution in [3.63, 3.8) is 0 Å². The highest BCUT2D eigenvalue weighted by Crippen LogP contribution is 2.39. The normalized spacial score (nSPS) is 11.6. The third-order valence-electron chi connectivity index (χ3n) is 4.49. The summed E-state index contributed by atoms with van der Waals surface area (Å²) in [5.41, 5.74) is 2.36. The number of aromatic nitrogens is 2. The van der Waals surface area contributed by atoms with Gasteiger partial charge in [-0.3, -0.25) is 4.79 Å². The highest BCUT2D eigenvalue weighted by atomic mass is 16.5. The minimum atomic E-state index is -0.260. The highest BCUT2D eigenvalue weighted by Gasteiger charge is 2.22. The Balaban J connectivity index is 1.79. The summed E-state index contributed by atoms with van der Waals surface area (Å²) in [6, 6.07) is 11.1. The molecule has 0 aliphatic carbocycles. The first-order valence-electron chi connectivity index (χ1n) is 8.77. The first-order chi connectivity index (χ1) is 13.6. The number of imidazole rings is 1. The van der Waals surface area contributed by atoms with Crippen LogP contribution in [0.3, 0.4) is 0 Å². The van der Waals surface area contributed by atoms with Crippen LogP contribution in [0.15, 0.2) is 55.1 Å². The lowest BCUT2D eigenvalue weighted by Crippen LogP contribution is -2.27. The number of rotatable bonds is 7. The van der Waals surface area contributed by atoms with E-state index in [9.17, 15) is 4.79 Å². The molecule has 0 saturated heterocycles. The van der Waals surface area contributed by atoms with E-state index >= 15 is 0 Å². The van der Waals surface area contributed by atoms with Crippen LogP contribution in [0.5, 0.6) is 17.2 Å². The molecule has 1 heterocycles. The van der Waals surface area contributed by atoms with Gasteiger partial charge in [0.15, 0.2) is 11.5 Å². The van der Waals surface area contributed by atoms with Crippen molar-refractivity contribution in [2.45, 2.75) is 13.0 Å². The predicted octanol–water partition coefficient (Wildman–Crippen LogP) is 3.39. The molecule has 2 aromatic carbocycles. The van der Waals surface area contributed by atoms with Gasteiger partial charge < -0.3 is 24.1 Å². The molecule has 0 unspecified atom stereocenters. The SMILES string of the molecule is COc1ccc(C(=O)N[C@H](C)c2ccc(-n3ccnc3)cc2)c(OC)c1OC. The molecule has 7 heteroatoms. The second kappa shape index (κ2) is 8.47. The number of nitrogens with one attached hydrogen (secondary N) is 1. The van der Waals surface area contributed by atoms with Gasteiger partial charge in [0.2, 0.25) is 5.75 Å². The first kappa shape index (κ1) is 19.3. The van der Waals surface area contributed by atoms with E-state index in [1.54, 1.807) is 24.7 Å². The highest BCUT2D eigenvalue weighted by molar-refractivity contribution is 5.98. The fourth-order valence-electron chi connectivity index (χ4n) is 2.98. The Hall–Kier alpha value is -3.48. The van der Waals surface area contributed by atoms with E-state index in [-0.39, 0.29) is 11.9 Å². The minimum absolute atomic E-state index is 0.192. The van der Waals surface area contributed by atoms with Crippen LogP contribution in [-0.2, 0) is 0 Å². The molecule has 3 rings (SSSR count). The van der Waals surface area contributed by atoms with Gasteiger partial charge in [-0.1, -0.05) is 12.1 Å². The van der Waals surface area contributed by atoms with Gasteiger partial charge in [-0.15, -0.1) is 0 Å². The molecule has 1 amide bonds. The maximum Gasteiger partial charge on any atom is 0.255 e. The largest absolute Gasteiger partial charge is 0.493 e. The number of methoxy groups -OCH3 is 3. The summed E-state index contributed by atoms with van der Waals surface area (Å²) in [6.07, 6.45) is 5.35. The van der Waals surface area contributed by atoms with Gasteiger partial charge in [0, 0.05) is 18.1 Å². The Morgan fingerprint density at radius 3 is 2.29 bits per heavy atom. The van der Waals surface area contributed by atoms with Gasteiger partial charge in [-0.25, -0.2) is 4.98 Å². The van der Waals surface area contributed by atoms with Gasteiger partial charge in [0.1, 0.15) is 0 Å². The number of nitrogens with zero attached hydrogens (tertiary/aromatic N) is 2. The number of hydrogen-bond acceptors (Lipinski definition) is 5. The minimum Gasteiger partial charge on any atom is -0.493 e. The molecular weight excluding hydrogens is 358 g/mol. The van der Waals surface area contributed by atoms with Gasteiger partial charge in [-0.05, 0) is 36.8 Å². The second-order valence-electron chi connectivity index (χ2n) is 6.14. The standard InChI is InChI=1S/C21H23N3O4/c1-14(15-5-7-16(8-6-15)24-12-11-22-13-24)23-21(25)17-9-10-18(26-2)20(28-4)19(17)27-3/h5-14H,1-4H3,(H,23,25)/t14-/m1/s1. The lowest BCUT2D eigenvalue weighted by atomic mass is 10.1. The molecule has 7 nitrogen and oxygen atoms in total. The van der Waals surface area contributed by atoms with Crippen LogP contribution in [0.2, 0.25) is 0 Å².